The summed E-state index contributed by atoms with van der Waals surface area (Å²) < 4.78 is 1.16. The molecule has 0 amide bonds. The first-order valence-corrected chi connectivity index (χ1v) is 9.38. The normalized spacial score (nSPS) is 12.5. The first-order valence-electron chi connectivity index (χ1n) is 6.83. The zero-order valence-corrected chi connectivity index (χ0v) is 14.9. The third-order valence-corrected chi connectivity index (χ3v) is 5.99. The summed E-state index contributed by atoms with van der Waals surface area (Å²) in [5.41, 5.74) is 2.63. The predicted molar refractivity (Wildman–Crippen MR) is 97.0 cm³/mol. The van der Waals surface area contributed by atoms with Crippen molar-refractivity contribution in [2.45, 2.75) is 19.5 Å². The van der Waals surface area contributed by atoms with Gasteiger partial charge in [-0.25, -0.2) is 0 Å². The summed E-state index contributed by atoms with van der Waals surface area (Å²) in [5, 5.41) is 7.97. The molecular formula is C17H16BrNS2. The van der Waals surface area contributed by atoms with Crippen LogP contribution in [0.5, 0.6) is 0 Å². The molecular weight excluding hydrogens is 362 g/mol. The monoisotopic (exact) mass is 377 g/mol. The maximum absolute atomic E-state index is 3.62. The van der Waals surface area contributed by atoms with Crippen LogP contribution in [0.3, 0.4) is 0 Å². The zero-order chi connectivity index (χ0) is 14.7. The van der Waals surface area contributed by atoms with Gasteiger partial charge in [0.05, 0.1) is 0 Å². The van der Waals surface area contributed by atoms with Crippen LogP contribution >= 0.6 is 38.6 Å². The van der Waals surface area contributed by atoms with Crippen molar-refractivity contribution >= 4 is 38.6 Å². The molecule has 0 aliphatic heterocycles. The highest BCUT2D eigenvalue weighted by Crippen LogP contribution is 2.30. The van der Waals surface area contributed by atoms with E-state index in [2.05, 4.69) is 75.3 Å². The van der Waals surface area contributed by atoms with E-state index in [1.807, 2.05) is 17.4 Å². The lowest BCUT2D eigenvalue weighted by atomic mass is 10.1. The minimum atomic E-state index is 0.327. The molecule has 2 heterocycles. The van der Waals surface area contributed by atoms with E-state index in [0.717, 1.165) is 11.0 Å². The van der Waals surface area contributed by atoms with Crippen LogP contribution in [0.4, 0.5) is 0 Å². The summed E-state index contributed by atoms with van der Waals surface area (Å²) in [6.07, 6.45) is 0. The minimum absolute atomic E-state index is 0.327. The Bertz CT molecular complexity index is 703. The summed E-state index contributed by atoms with van der Waals surface area (Å²) in [4.78, 5) is 2.72. The van der Waals surface area contributed by atoms with Gasteiger partial charge in [0.2, 0.25) is 0 Å². The van der Waals surface area contributed by atoms with E-state index >= 15 is 0 Å². The van der Waals surface area contributed by atoms with Gasteiger partial charge in [-0.3, -0.25) is 0 Å². The molecule has 4 heteroatoms. The standard InChI is InChI=1S/C17H16BrNS2/c1-12(15-5-2-3-6-16(15)18)19-10-14-9-13(11-21-14)17-7-4-8-20-17/h2-9,11-12,19H,10H2,1H3. The molecule has 0 bridgehead atoms. The molecule has 1 N–H and O–H groups in total. The first kappa shape index (κ1) is 15.0. The van der Waals surface area contributed by atoms with Crippen LogP contribution in [0.25, 0.3) is 10.4 Å². The molecule has 1 nitrogen and oxygen atoms in total. The van der Waals surface area contributed by atoms with Gasteiger partial charge in [0.1, 0.15) is 0 Å². The fourth-order valence-electron chi connectivity index (χ4n) is 2.24. The lowest BCUT2D eigenvalue weighted by Crippen LogP contribution is -2.17. The zero-order valence-electron chi connectivity index (χ0n) is 11.7. The maximum Gasteiger partial charge on any atom is 0.0351 e. The van der Waals surface area contributed by atoms with Crippen LogP contribution in [0, 0.1) is 0 Å². The number of hydrogen-bond acceptors (Lipinski definition) is 3. The van der Waals surface area contributed by atoms with Crippen molar-refractivity contribution in [3.8, 4) is 10.4 Å². The lowest BCUT2D eigenvalue weighted by Gasteiger charge is -2.15. The summed E-state index contributed by atoms with van der Waals surface area (Å²) in [5.74, 6) is 0. The molecule has 21 heavy (non-hydrogen) atoms. The molecule has 1 aromatic carbocycles. The van der Waals surface area contributed by atoms with Gasteiger partial charge in [-0.15, -0.1) is 22.7 Å². The van der Waals surface area contributed by atoms with Crippen LogP contribution in [0.15, 0.2) is 57.7 Å². The Labute approximate surface area is 141 Å². The smallest absolute Gasteiger partial charge is 0.0351 e. The van der Waals surface area contributed by atoms with Crippen LogP contribution in [-0.4, -0.2) is 0 Å². The summed E-state index contributed by atoms with van der Waals surface area (Å²) in [7, 11) is 0. The van der Waals surface area contributed by atoms with Gasteiger partial charge in [0.15, 0.2) is 0 Å². The molecule has 0 saturated carbocycles. The van der Waals surface area contributed by atoms with Gasteiger partial charge < -0.3 is 5.32 Å². The van der Waals surface area contributed by atoms with E-state index in [1.54, 1.807) is 11.3 Å². The van der Waals surface area contributed by atoms with Gasteiger partial charge in [0.25, 0.3) is 0 Å². The molecule has 1 atom stereocenters. The van der Waals surface area contributed by atoms with Gasteiger partial charge in [-0.1, -0.05) is 40.2 Å². The van der Waals surface area contributed by atoms with Gasteiger partial charge in [0, 0.05) is 32.4 Å². The molecule has 0 saturated heterocycles. The van der Waals surface area contributed by atoms with Gasteiger partial charge in [-0.2, -0.15) is 0 Å². The van der Waals surface area contributed by atoms with Crippen molar-refractivity contribution in [1.82, 2.24) is 5.32 Å². The van der Waals surface area contributed by atoms with Crippen LogP contribution in [-0.2, 0) is 6.54 Å². The second-order valence-corrected chi connectivity index (χ2v) is 7.70. The number of halogens is 1. The van der Waals surface area contributed by atoms with Crippen LogP contribution in [0.1, 0.15) is 23.4 Å². The third kappa shape index (κ3) is 3.64. The molecule has 0 aliphatic carbocycles. The average Bonchev–Trinajstić information content (AvgIpc) is 3.16. The van der Waals surface area contributed by atoms with E-state index in [0.29, 0.717) is 6.04 Å². The van der Waals surface area contributed by atoms with Crippen LogP contribution in [0.2, 0.25) is 0 Å². The maximum atomic E-state index is 3.62. The fourth-order valence-corrected chi connectivity index (χ4v) is 4.49. The van der Waals surface area contributed by atoms with E-state index < -0.39 is 0 Å². The Morgan fingerprint density at radius 3 is 2.76 bits per heavy atom. The van der Waals surface area contributed by atoms with E-state index in [1.165, 1.54) is 20.9 Å². The molecule has 3 aromatic rings. The fraction of sp³-hybridized carbons (Fsp3) is 0.176. The highest BCUT2D eigenvalue weighted by Gasteiger charge is 2.09. The summed E-state index contributed by atoms with van der Waals surface area (Å²) in [6, 6.07) is 15.3. The number of rotatable bonds is 5. The first-order chi connectivity index (χ1) is 10.2. The molecule has 0 radical (unpaired) electrons. The van der Waals surface area contributed by atoms with Crippen molar-refractivity contribution in [3.63, 3.8) is 0 Å². The SMILES string of the molecule is CC(NCc1cc(-c2cccs2)cs1)c1ccccc1Br. The Kier molecular flexibility index (Phi) is 4.91. The largest absolute Gasteiger partial charge is 0.305 e. The topological polar surface area (TPSA) is 12.0 Å². The van der Waals surface area contributed by atoms with Crippen LogP contribution < -0.4 is 5.32 Å². The molecule has 0 aliphatic rings. The van der Waals surface area contributed by atoms with E-state index in [4.69, 9.17) is 0 Å². The Hall–Kier alpha value is -0.940. The third-order valence-electron chi connectivity index (χ3n) is 3.41. The number of benzene rings is 1. The number of nitrogens with one attached hydrogen (secondary N) is 1. The van der Waals surface area contributed by atoms with Gasteiger partial charge >= 0.3 is 0 Å². The minimum Gasteiger partial charge on any atom is -0.305 e. The second-order valence-electron chi connectivity index (χ2n) is 4.90. The molecule has 2 aromatic heterocycles. The highest BCUT2D eigenvalue weighted by molar-refractivity contribution is 9.10. The lowest BCUT2D eigenvalue weighted by molar-refractivity contribution is 0.577. The average molecular weight is 378 g/mol. The molecule has 1 unspecified atom stereocenters. The van der Waals surface area contributed by atoms with Crippen molar-refractivity contribution in [1.29, 1.82) is 0 Å². The molecule has 0 fully saturated rings. The highest BCUT2D eigenvalue weighted by atomic mass is 79.9. The second kappa shape index (κ2) is 6.88. The quantitative estimate of drug-likeness (QED) is 0.567. The number of hydrogen-bond donors (Lipinski definition) is 1. The molecule has 108 valence electrons. The number of thiophene rings is 2. The van der Waals surface area contributed by atoms with Crippen molar-refractivity contribution in [2.24, 2.45) is 0 Å². The Morgan fingerprint density at radius 1 is 1.14 bits per heavy atom. The Balaban J connectivity index is 1.64. The van der Waals surface area contributed by atoms with Crippen molar-refractivity contribution in [2.75, 3.05) is 0 Å². The van der Waals surface area contributed by atoms with Crippen molar-refractivity contribution < 1.29 is 0 Å². The molecule has 3 rings (SSSR count). The van der Waals surface area contributed by atoms with E-state index in [9.17, 15) is 0 Å². The van der Waals surface area contributed by atoms with Gasteiger partial charge in [-0.05, 0) is 41.4 Å². The van der Waals surface area contributed by atoms with E-state index in [-0.39, 0.29) is 0 Å². The van der Waals surface area contributed by atoms with Crippen molar-refractivity contribution in [3.05, 3.63) is 68.1 Å². The Morgan fingerprint density at radius 2 is 2.00 bits per heavy atom. The predicted octanol–water partition coefficient (Wildman–Crippen LogP) is 6.09. The summed E-state index contributed by atoms with van der Waals surface area (Å²) in [6.45, 7) is 3.10. The summed E-state index contributed by atoms with van der Waals surface area (Å²) >= 11 is 7.23. The molecule has 0 spiro atoms.